The zero-order chi connectivity index (χ0) is 15.7. The number of anilines is 1. The van der Waals surface area contributed by atoms with Crippen molar-refractivity contribution in [1.82, 2.24) is 14.7 Å². The molecule has 0 amide bonds. The molecule has 7 heteroatoms. The Morgan fingerprint density at radius 1 is 1.27 bits per heavy atom. The Balaban J connectivity index is 1.75. The van der Waals surface area contributed by atoms with Crippen LogP contribution < -0.4 is 4.90 Å². The van der Waals surface area contributed by atoms with Crippen LogP contribution in [0.3, 0.4) is 0 Å². The molecular formula is C15H19N5O2. The number of nitro benzene ring substituents is 1. The molecule has 1 saturated heterocycles. The summed E-state index contributed by atoms with van der Waals surface area (Å²) in [5.74, 6) is 0. The van der Waals surface area contributed by atoms with Gasteiger partial charge in [-0.1, -0.05) is 0 Å². The van der Waals surface area contributed by atoms with Gasteiger partial charge in [-0.3, -0.25) is 10.1 Å². The standard InChI is InChI=1S/C15H19N5O2/c1-17(2)14-7-8-18(10-14)15-9-16-19(11-15)12-3-5-13(6-4-12)20(21)22/h3-6,9,11,14H,7-8,10H2,1-2H3/t14-/m1/s1. The summed E-state index contributed by atoms with van der Waals surface area (Å²) in [6.45, 7) is 2.02. The van der Waals surface area contributed by atoms with Crippen molar-refractivity contribution in [3.05, 3.63) is 46.8 Å². The molecule has 0 radical (unpaired) electrons. The second-order valence-electron chi connectivity index (χ2n) is 5.77. The molecule has 1 aliphatic heterocycles. The average Bonchev–Trinajstić information content (AvgIpc) is 3.16. The lowest BCUT2D eigenvalue weighted by Gasteiger charge is -2.20. The molecule has 1 fully saturated rings. The Hall–Kier alpha value is -2.41. The number of benzene rings is 1. The maximum Gasteiger partial charge on any atom is 0.269 e. The third kappa shape index (κ3) is 2.80. The number of non-ortho nitro benzene ring substituents is 1. The number of rotatable bonds is 4. The monoisotopic (exact) mass is 301 g/mol. The van der Waals surface area contributed by atoms with Crippen LogP contribution in [0.1, 0.15) is 6.42 Å². The van der Waals surface area contributed by atoms with Crippen LogP contribution in [-0.2, 0) is 0 Å². The van der Waals surface area contributed by atoms with Crippen molar-refractivity contribution >= 4 is 11.4 Å². The van der Waals surface area contributed by atoms with Gasteiger partial charge in [0.15, 0.2) is 0 Å². The molecule has 0 aliphatic carbocycles. The quantitative estimate of drug-likeness (QED) is 0.637. The molecule has 0 saturated carbocycles. The molecule has 1 aromatic heterocycles. The average molecular weight is 301 g/mol. The maximum absolute atomic E-state index is 10.7. The van der Waals surface area contributed by atoms with Gasteiger partial charge in [-0.05, 0) is 32.6 Å². The molecule has 0 spiro atoms. The van der Waals surface area contributed by atoms with E-state index in [9.17, 15) is 10.1 Å². The van der Waals surface area contributed by atoms with Crippen molar-refractivity contribution in [3.8, 4) is 5.69 Å². The number of hydrogen-bond donors (Lipinski definition) is 0. The van der Waals surface area contributed by atoms with Gasteiger partial charge in [-0.25, -0.2) is 4.68 Å². The van der Waals surface area contributed by atoms with Crippen LogP contribution in [-0.4, -0.2) is 52.8 Å². The molecule has 0 unspecified atom stereocenters. The van der Waals surface area contributed by atoms with Crippen LogP contribution >= 0.6 is 0 Å². The molecular weight excluding hydrogens is 282 g/mol. The molecule has 22 heavy (non-hydrogen) atoms. The smallest absolute Gasteiger partial charge is 0.269 e. The van der Waals surface area contributed by atoms with Crippen LogP contribution in [0.15, 0.2) is 36.7 Å². The molecule has 2 heterocycles. The molecule has 0 N–H and O–H groups in total. The minimum atomic E-state index is -0.399. The first-order chi connectivity index (χ1) is 10.5. The van der Waals surface area contributed by atoms with Gasteiger partial charge < -0.3 is 9.80 Å². The van der Waals surface area contributed by atoms with Gasteiger partial charge in [-0.15, -0.1) is 0 Å². The van der Waals surface area contributed by atoms with Gasteiger partial charge in [0.25, 0.3) is 5.69 Å². The van der Waals surface area contributed by atoms with Crippen molar-refractivity contribution in [2.45, 2.75) is 12.5 Å². The zero-order valence-electron chi connectivity index (χ0n) is 12.7. The highest BCUT2D eigenvalue weighted by atomic mass is 16.6. The lowest BCUT2D eigenvalue weighted by Crippen LogP contribution is -2.31. The number of hydrogen-bond acceptors (Lipinski definition) is 5. The van der Waals surface area contributed by atoms with Gasteiger partial charge in [0.1, 0.15) is 0 Å². The fourth-order valence-electron chi connectivity index (χ4n) is 2.74. The molecule has 7 nitrogen and oxygen atoms in total. The van der Waals surface area contributed by atoms with E-state index in [0.29, 0.717) is 6.04 Å². The predicted molar refractivity (Wildman–Crippen MR) is 84.5 cm³/mol. The van der Waals surface area contributed by atoms with E-state index in [-0.39, 0.29) is 5.69 Å². The van der Waals surface area contributed by atoms with E-state index in [0.717, 1.165) is 30.9 Å². The van der Waals surface area contributed by atoms with E-state index < -0.39 is 4.92 Å². The molecule has 1 aromatic carbocycles. The predicted octanol–water partition coefficient (Wildman–Crippen LogP) is 1.92. The van der Waals surface area contributed by atoms with E-state index in [1.54, 1.807) is 16.8 Å². The highest BCUT2D eigenvalue weighted by Gasteiger charge is 2.24. The summed E-state index contributed by atoms with van der Waals surface area (Å²) in [4.78, 5) is 14.9. The van der Waals surface area contributed by atoms with Crippen LogP contribution in [0.2, 0.25) is 0 Å². The van der Waals surface area contributed by atoms with Crippen LogP contribution in [0.5, 0.6) is 0 Å². The third-order valence-corrected chi connectivity index (χ3v) is 4.15. The summed E-state index contributed by atoms with van der Waals surface area (Å²) in [6.07, 6.45) is 4.97. The summed E-state index contributed by atoms with van der Waals surface area (Å²) in [7, 11) is 4.21. The lowest BCUT2D eigenvalue weighted by molar-refractivity contribution is -0.384. The van der Waals surface area contributed by atoms with Crippen molar-refractivity contribution in [3.63, 3.8) is 0 Å². The molecule has 2 aromatic rings. The van der Waals surface area contributed by atoms with E-state index in [2.05, 4.69) is 29.0 Å². The Morgan fingerprint density at radius 2 is 2.00 bits per heavy atom. The van der Waals surface area contributed by atoms with Crippen molar-refractivity contribution < 1.29 is 4.92 Å². The van der Waals surface area contributed by atoms with Gasteiger partial charge in [0, 0.05) is 31.3 Å². The summed E-state index contributed by atoms with van der Waals surface area (Å²) in [6, 6.07) is 6.98. The van der Waals surface area contributed by atoms with Crippen molar-refractivity contribution in [2.24, 2.45) is 0 Å². The van der Waals surface area contributed by atoms with Gasteiger partial charge in [-0.2, -0.15) is 5.10 Å². The van der Waals surface area contributed by atoms with Crippen LogP contribution in [0.4, 0.5) is 11.4 Å². The first kappa shape index (κ1) is 14.5. The summed E-state index contributed by atoms with van der Waals surface area (Å²) < 4.78 is 1.75. The number of aromatic nitrogens is 2. The van der Waals surface area contributed by atoms with Gasteiger partial charge in [0.05, 0.1) is 28.7 Å². The van der Waals surface area contributed by atoms with Crippen molar-refractivity contribution in [1.29, 1.82) is 0 Å². The summed E-state index contributed by atoms with van der Waals surface area (Å²) in [5, 5.41) is 15.1. The third-order valence-electron chi connectivity index (χ3n) is 4.15. The fraction of sp³-hybridized carbons (Fsp3) is 0.400. The Morgan fingerprint density at radius 3 is 2.59 bits per heavy atom. The largest absolute Gasteiger partial charge is 0.367 e. The van der Waals surface area contributed by atoms with E-state index in [1.807, 2.05) is 12.4 Å². The normalized spacial score (nSPS) is 18.1. The Bertz CT molecular complexity index is 665. The number of likely N-dealkylation sites (N-methyl/N-ethyl adjacent to an activating group) is 1. The molecule has 116 valence electrons. The topological polar surface area (TPSA) is 67.4 Å². The van der Waals surface area contributed by atoms with E-state index in [1.165, 1.54) is 12.1 Å². The minimum absolute atomic E-state index is 0.0875. The Kier molecular flexibility index (Phi) is 3.81. The molecule has 0 bridgehead atoms. The minimum Gasteiger partial charge on any atom is -0.367 e. The zero-order valence-corrected chi connectivity index (χ0v) is 12.7. The number of nitro groups is 1. The summed E-state index contributed by atoms with van der Waals surface area (Å²) in [5.41, 5.74) is 1.99. The first-order valence-corrected chi connectivity index (χ1v) is 7.25. The Labute approximate surface area is 128 Å². The molecule has 1 aliphatic rings. The molecule has 1 atom stereocenters. The second-order valence-corrected chi connectivity index (χ2v) is 5.77. The van der Waals surface area contributed by atoms with Crippen LogP contribution in [0, 0.1) is 10.1 Å². The fourth-order valence-corrected chi connectivity index (χ4v) is 2.74. The highest BCUT2D eigenvalue weighted by molar-refractivity contribution is 5.47. The van der Waals surface area contributed by atoms with Crippen LogP contribution in [0.25, 0.3) is 5.69 Å². The number of nitrogens with zero attached hydrogens (tertiary/aromatic N) is 5. The van der Waals surface area contributed by atoms with Gasteiger partial charge in [0.2, 0.25) is 0 Å². The SMILES string of the molecule is CN(C)[C@@H]1CCN(c2cnn(-c3ccc([N+](=O)[O-])cc3)c2)C1. The highest BCUT2D eigenvalue weighted by Crippen LogP contribution is 2.23. The van der Waals surface area contributed by atoms with E-state index >= 15 is 0 Å². The molecule has 3 rings (SSSR count). The summed E-state index contributed by atoms with van der Waals surface area (Å²) >= 11 is 0. The lowest BCUT2D eigenvalue weighted by atomic mass is 10.2. The second kappa shape index (κ2) is 5.76. The van der Waals surface area contributed by atoms with Gasteiger partial charge >= 0.3 is 0 Å². The van der Waals surface area contributed by atoms with E-state index in [4.69, 9.17) is 0 Å². The first-order valence-electron chi connectivity index (χ1n) is 7.25. The maximum atomic E-state index is 10.7. The van der Waals surface area contributed by atoms with Crippen molar-refractivity contribution in [2.75, 3.05) is 32.1 Å².